The van der Waals surface area contributed by atoms with Crippen molar-refractivity contribution in [2.24, 2.45) is 11.1 Å². The van der Waals surface area contributed by atoms with E-state index in [1.54, 1.807) is 0 Å². The van der Waals surface area contributed by atoms with E-state index >= 15 is 0 Å². The number of nitrogens with one attached hydrogen (secondary N) is 1. The van der Waals surface area contributed by atoms with Gasteiger partial charge in [-0.25, -0.2) is 0 Å². The Kier molecular flexibility index (Phi) is 5.97. The predicted molar refractivity (Wildman–Crippen MR) is 108 cm³/mol. The second-order valence-electron chi connectivity index (χ2n) is 7.88. The van der Waals surface area contributed by atoms with Crippen molar-refractivity contribution in [3.8, 4) is 0 Å². The summed E-state index contributed by atoms with van der Waals surface area (Å²) in [7, 11) is 0. The SMILES string of the molecule is CCOC1CC(N)(C(=O)Nc2cccc(CN3CCSCC3)c2)C1(C)C. The highest BCUT2D eigenvalue weighted by atomic mass is 32.2. The minimum atomic E-state index is -0.896. The third-order valence-corrected chi connectivity index (χ3v) is 6.87. The van der Waals surface area contributed by atoms with Crippen LogP contribution in [0.15, 0.2) is 24.3 Å². The van der Waals surface area contributed by atoms with Crippen LogP contribution in [0.2, 0.25) is 0 Å². The number of amides is 1. The van der Waals surface area contributed by atoms with Gasteiger partial charge in [-0.3, -0.25) is 9.69 Å². The fourth-order valence-corrected chi connectivity index (χ4v) is 4.81. The van der Waals surface area contributed by atoms with Crippen molar-refractivity contribution in [3.05, 3.63) is 29.8 Å². The largest absolute Gasteiger partial charge is 0.378 e. The lowest BCUT2D eigenvalue weighted by atomic mass is 9.54. The summed E-state index contributed by atoms with van der Waals surface area (Å²) in [6.45, 7) is 9.82. The lowest BCUT2D eigenvalue weighted by Gasteiger charge is -2.57. The van der Waals surface area contributed by atoms with E-state index in [-0.39, 0.29) is 17.4 Å². The van der Waals surface area contributed by atoms with Gasteiger partial charge in [0.15, 0.2) is 0 Å². The topological polar surface area (TPSA) is 67.6 Å². The highest BCUT2D eigenvalue weighted by molar-refractivity contribution is 7.99. The van der Waals surface area contributed by atoms with Crippen LogP contribution in [0.1, 0.15) is 32.8 Å². The summed E-state index contributed by atoms with van der Waals surface area (Å²) in [6.07, 6.45) is 0.594. The van der Waals surface area contributed by atoms with Crippen molar-refractivity contribution in [1.82, 2.24) is 4.90 Å². The third-order valence-electron chi connectivity index (χ3n) is 5.93. The quantitative estimate of drug-likeness (QED) is 0.798. The lowest BCUT2D eigenvalue weighted by molar-refractivity contribution is -0.166. The molecule has 0 bridgehead atoms. The second-order valence-corrected chi connectivity index (χ2v) is 9.11. The highest BCUT2D eigenvalue weighted by Crippen LogP contribution is 2.50. The van der Waals surface area contributed by atoms with Crippen molar-refractivity contribution in [2.75, 3.05) is 36.5 Å². The Morgan fingerprint density at radius 2 is 2.12 bits per heavy atom. The molecule has 6 heteroatoms. The van der Waals surface area contributed by atoms with Crippen LogP contribution in [0, 0.1) is 5.41 Å². The first-order valence-corrected chi connectivity index (χ1v) is 10.6. The predicted octanol–water partition coefficient (Wildman–Crippen LogP) is 2.71. The van der Waals surface area contributed by atoms with Gasteiger partial charge in [0.05, 0.1) is 6.10 Å². The number of carbonyl (C=O) groups excluding carboxylic acids is 1. The number of ether oxygens (including phenoxy) is 1. The summed E-state index contributed by atoms with van der Waals surface area (Å²) < 4.78 is 5.73. The number of carbonyl (C=O) groups is 1. The maximum Gasteiger partial charge on any atom is 0.245 e. The van der Waals surface area contributed by atoms with Gasteiger partial charge in [0.25, 0.3) is 0 Å². The molecule has 144 valence electrons. The zero-order valence-electron chi connectivity index (χ0n) is 16.1. The third kappa shape index (κ3) is 3.79. The maximum atomic E-state index is 12.9. The summed E-state index contributed by atoms with van der Waals surface area (Å²) in [4.78, 5) is 15.3. The molecule has 0 aromatic heterocycles. The monoisotopic (exact) mass is 377 g/mol. The Balaban J connectivity index is 1.63. The molecule has 1 heterocycles. The lowest BCUT2D eigenvalue weighted by Crippen LogP contribution is -2.74. The Bertz CT molecular complexity index is 646. The molecule has 1 saturated carbocycles. The summed E-state index contributed by atoms with van der Waals surface area (Å²) in [6, 6.07) is 8.12. The van der Waals surface area contributed by atoms with Gasteiger partial charge in [-0.15, -0.1) is 0 Å². The van der Waals surface area contributed by atoms with E-state index in [9.17, 15) is 4.79 Å². The van der Waals surface area contributed by atoms with Crippen molar-refractivity contribution >= 4 is 23.4 Å². The Morgan fingerprint density at radius 1 is 1.38 bits per heavy atom. The standard InChI is InChI=1S/C20H31N3O2S/c1-4-25-17-13-20(21,19(17,2)3)18(24)22-16-7-5-6-15(12-16)14-23-8-10-26-11-9-23/h5-7,12,17H,4,8-11,13-14,21H2,1-3H3,(H,22,24). The first kappa shape index (κ1) is 19.7. The maximum absolute atomic E-state index is 12.9. The van der Waals surface area contributed by atoms with E-state index in [0.29, 0.717) is 13.0 Å². The minimum Gasteiger partial charge on any atom is -0.378 e. The highest BCUT2D eigenvalue weighted by Gasteiger charge is 2.62. The summed E-state index contributed by atoms with van der Waals surface area (Å²) in [5.74, 6) is 2.27. The molecule has 1 amide bonds. The number of nitrogens with two attached hydrogens (primary N) is 1. The molecular formula is C20H31N3O2S. The van der Waals surface area contributed by atoms with Crippen LogP contribution >= 0.6 is 11.8 Å². The number of thioether (sulfide) groups is 1. The molecule has 26 heavy (non-hydrogen) atoms. The van der Waals surface area contributed by atoms with Gasteiger partial charge in [-0.1, -0.05) is 26.0 Å². The van der Waals surface area contributed by atoms with Crippen LogP contribution in [0.25, 0.3) is 0 Å². The minimum absolute atomic E-state index is 0.0338. The number of nitrogens with zero attached hydrogens (tertiary/aromatic N) is 1. The van der Waals surface area contributed by atoms with Gasteiger partial charge >= 0.3 is 0 Å². The molecule has 0 radical (unpaired) electrons. The van der Waals surface area contributed by atoms with Crippen LogP contribution in [-0.4, -0.2) is 53.7 Å². The van der Waals surface area contributed by atoms with Gasteiger partial charge in [-0.2, -0.15) is 11.8 Å². The average molecular weight is 378 g/mol. The van der Waals surface area contributed by atoms with Crippen molar-refractivity contribution in [3.63, 3.8) is 0 Å². The average Bonchev–Trinajstić information content (AvgIpc) is 2.62. The Morgan fingerprint density at radius 3 is 2.77 bits per heavy atom. The number of anilines is 1. The van der Waals surface area contributed by atoms with Crippen molar-refractivity contribution in [2.45, 2.75) is 45.4 Å². The number of hydrogen-bond acceptors (Lipinski definition) is 5. The number of rotatable bonds is 6. The van der Waals surface area contributed by atoms with E-state index in [1.165, 1.54) is 17.1 Å². The Hall–Kier alpha value is -1.08. The van der Waals surface area contributed by atoms with Gasteiger partial charge < -0.3 is 15.8 Å². The van der Waals surface area contributed by atoms with Crippen LogP contribution in [0.3, 0.4) is 0 Å². The molecule has 1 saturated heterocycles. The van der Waals surface area contributed by atoms with Crippen LogP contribution in [0.4, 0.5) is 5.69 Å². The van der Waals surface area contributed by atoms with E-state index in [1.807, 2.05) is 44.7 Å². The molecule has 2 fully saturated rings. The molecule has 1 aromatic carbocycles. The summed E-state index contributed by atoms with van der Waals surface area (Å²) in [5.41, 5.74) is 7.24. The molecule has 1 aliphatic carbocycles. The molecule has 2 atom stereocenters. The molecule has 2 aliphatic rings. The fourth-order valence-electron chi connectivity index (χ4n) is 3.83. The summed E-state index contributed by atoms with van der Waals surface area (Å²) in [5, 5.41) is 3.04. The van der Waals surface area contributed by atoms with E-state index in [0.717, 1.165) is 25.3 Å². The molecule has 1 aromatic rings. The van der Waals surface area contributed by atoms with Gasteiger partial charge in [0.2, 0.25) is 5.91 Å². The van der Waals surface area contributed by atoms with E-state index < -0.39 is 5.54 Å². The molecule has 3 N–H and O–H groups in total. The first-order chi connectivity index (χ1) is 12.4. The molecule has 0 spiro atoms. The first-order valence-electron chi connectivity index (χ1n) is 9.48. The number of hydrogen-bond donors (Lipinski definition) is 2. The van der Waals surface area contributed by atoms with Crippen LogP contribution in [-0.2, 0) is 16.1 Å². The van der Waals surface area contributed by atoms with Gasteiger partial charge in [0.1, 0.15) is 5.54 Å². The molecular weight excluding hydrogens is 346 g/mol. The van der Waals surface area contributed by atoms with E-state index in [4.69, 9.17) is 10.5 Å². The van der Waals surface area contributed by atoms with Crippen LogP contribution in [0.5, 0.6) is 0 Å². The molecule has 1 aliphatic heterocycles. The normalized spacial score (nSPS) is 28.4. The molecule has 2 unspecified atom stereocenters. The van der Waals surface area contributed by atoms with Crippen LogP contribution < -0.4 is 11.1 Å². The Labute approximate surface area is 161 Å². The summed E-state index contributed by atoms with van der Waals surface area (Å²) >= 11 is 2.01. The van der Waals surface area contributed by atoms with E-state index in [2.05, 4.69) is 22.3 Å². The number of benzene rings is 1. The van der Waals surface area contributed by atoms with Crippen molar-refractivity contribution in [1.29, 1.82) is 0 Å². The molecule has 5 nitrogen and oxygen atoms in total. The zero-order valence-corrected chi connectivity index (χ0v) is 16.9. The second kappa shape index (κ2) is 7.89. The fraction of sp³-hybridized carbons (Fsp3) is 0.650. The van der Waals surface area contributed by atoms with Gasteiger partial charge in [0, 0.05) is 55.3 Å². The molecule has 3 rings (SSSR count). The zero-order chi connectivity index (χ0) is 18.8. The van der Waals surface area contributed by atoms with Gasteiger partial charge in [-0.05, 0) is 24.6 Å². The smallest absolute Gasteiger partial charge is 0.245 e. The van der Waals surface area contributed by atoms with Crippen molar-refractivity contribution < 1.29 is 9.53 Å².